The lowest BCUT2D eigenvalue weighted by Crippen LogP contribution is -2.58. The van der Waals surface area contributed by atoms with Crippen LogP contribution in [0.1, 0.15) is 32.0 Å². The number of rotatable bonds is 6. The van der Waals surface area contributed by atoms with E-state index >= 15 is 0 Å². The van der Waals surface area contributed by atoms with Crippen LogP contribution >= 0.6 is 11.3 Å². The molecule has 3 amide bonds. The molecule has 3 rings (SSSR count). The summed E-state index contributed by atoms with van der Waals surface area (Å²) in [4.78, 5) is 43.4. The van der Waals surface area contributed by atoms with Crippen molar-refractivity contribution in [2.24, 2.45) is 5.41 Å². The molecule has 1 saturated heterocycles. The molecule has 0 aliphatic carbocycles. The van der Waals surface area contributed by atoms with Crippen LogP contribution < -0.4 is 10.6 Å². The molecular weight excluding hydrogens is 463 g/mol. The number of amides is 3. The molecule has 2 aromatic rings. The number of nitrogens with zero attached hydrogens (tertiary/aromatic N) is 2. The second kappa shape index (κ2) is 10.1. The average molecular weight is 493 g/mol. The minimum atomic E-state index is -1.99. The molecule has 0 unspecified atom stereocenters. The number of aliphatic hydroxyl groups is 1. The van der Waals surface area contributed by atoms with Crippen LogP contribution in [0, 0.1) is 12.3 Å². The first kappa shape index (κ1) is 25.6. The molecule has 4 N–H and O–H groups in total. The predicted octanol–water partition coefficient (Wildman–Crippen LogP) is 2.33. The molecule has 0 spiro atoms. The molecular formula is C23H29FN4O5S. The number of alkyl halides is 1. The summed E-state index contributed by atoms with van der Waals surface area (Å²) < 4.78 is 14.8. The number of nitrogens with one attached hydrogen (secondary N) is 2. The molecule has 9 nitrogen and oxygen atoms in total. The second-order valence-corrected chi connectivity index (χ2v) is 10.2. The van der Waals surface area contributed by atoms with E-state index in [0.29, 0.717) is 0 Å². The summed E-state index contributed by atoms with van der Waals surface area (Å²) in [6.45, 7) is 6.56. The van der Waals surface area contributed by atoms with E-state index in [2.05, 4.69) is 15.6 Å². The van der Waals surface area contributed by atoms with E-state index in [-0.39, 0.29) is 6.54 Å². The number of aliphatic hydroxyl groups excluding tert-OH is 1. The van der Waals surface area contributed by atoms with Crippen molar-refractivity contribution in [3.05, 3.63) is 41.0 Å². The Morgan fingerprint density at radius 2 is 1.91 bits per heavy atom. The van der Waals surface area contributed by atoms with Gasteiger partial charge in [0.25, 0.3) is 0 Å². The van der Waals surface area contributed by atoms with Gasteiger partial charge in [-0.05, 0) is 23.5 Å². The molecule has 0 saturated carbocycles. The van der Waals surface area contributed by atoms with Gasteiger partial charge in [0.2, 0.25) is 11.8 Å². The smallest absolute Gasteiger partial charge is 0.405 e. The van der Waals surface area contributed by atoms with Gasteiger partial charge in [0.1, 0.15) is 18.2 Å². The van der Waals surface area contributed by atoms with Crippen LogP contribution in [0.15, 0.2) is 29.8 Å². The largest absolute Gasteiger partial charge is 0.465 e. The maximum atomic E-state index is 14.8. The highest BCUT2D eigenvalue weighted by Gasteiger charge is 2.50. The Hall–Kier alpha value is -3.05. The van der Waals surface area contributed by atoms with Crippen molar-refractivity contribution in [1.29, 1.82) is 0 Å². The molecule has 1 aromatic carbocycles. The molecule has 1 aliphatic heterocycles. The molecule has 11 heteroatoms. The number of carbonyl (C=O) groups excluding carboxylic acids is 2. The number of carbonyl (C=O) groups is 3. The van der Waals surface area contributed by atoms with Gasteiger partial charge in [-0.25, -0.2) is 14.2 Å². The molecule has 4 atom stereocenters. The van der Waals surface area contributed by atoms with Gasteiger partial charge in [-0.1, -0.05) is 45.0 Å². The number of halogens is 1. The molecule has 1 aromatic heterocycles. The lowest BCUT2D eigenvalue weighted by atomic mass is 9.85. The number of β-amino-alcohol motifs (C(OH)–C–C–N with tert-alkyl or cyclic N) is 1. The zero-order valence-corrected chi connectivity index (χ0v) is 20.2. The van der Waals surface area contributed by atoms with Gasteiger partial charge in [0.15, 0.2) is 6.17 Å². The van der Waals surface area contributed by atoms with Crippen molar-refractivity contribution in [1.82, 2.24) is 20.5 Å². The second-order valence-electron chi connectivity index (χ2n) is 9.38. The summed E-state index contributed by atoms with van der Waals surface area (Å²) in [5.41, 5.74) is 3.62. The fourth-order valence-corrected chi connectivity index (χ4v) is 4.71. The number of likely N-dealkylation sites (tertiary alicyclic amines) is 1. The zero-order valence-electron chi connectivity index (χ0n) is 19.4. The Labute approximate surface area is 201 Å². The Morgan fingerprint density at radius 3 is 2.44 bits per heavy atom. The Bertz CT molecular complexity index is 1050. The number of aromatic nitrogens is 1. The third kappa shape index (κ3) is 5.53. The summed E-state index contributed by atoms with van der Waals surface area (Å²) in [5.74, 6) is -1.53. The monoisotopic (exact) mass is 492 g/mol. The maximum Gasteiger partial charge on any atom is 0.405 e. The van der Waals surface area contributed by atoms with Gasteiger partial charge in [0.05, 0.1) is 22.6 Å². The van der Waals surface area contributed by atoms with Crippen molar-refractivity contribution in [3.63, 3.8) is 0 Å². The first-order valence-electron chi connectivity index (χ1n) is 10.8. The lowest BCUT2D eigenvalue weighted by Gasteiger charge is -2.34. The van der Waals surface area contributed by atoms with Gasteiger partial charge < -0.3 is 25.7 Å². The van der Waals surface area contributed by atoms with E-state index in [1.807, 2.05) is 31.2 Å². The zero-order chi connectivity index (χ0) is 25.2. The average Bonchev–Trinajstić information content (AvgIpc) is 3.32. The summed E-state index contributed by atoms with van der Waals surface area (Å²) in [5, 5.41) is 24.0. The topological polar surface area (TPSA) is 132 Å². The van der Waals surface area contributed by atoms with Crippen molar-refractivity contribution in [2.45, 2.75) is 58.6 Å². The van der Waals surface area contributed by atoms with Crippen molar-refractivity contribution < 1.29 is 29.0 Å². The standard InChI is InChI=1S/C23H29FN4O5S/c1-12-18(34-11-26-12)14-7-5-13(6-8-14)9-25-20(30)17-16(24)15(29)10-28(17)21(31)19(23(2,3)4)27-22(32)33/h5-8,11,15-17,19,27,29H,9-10H2,1-4H3,(H,25,30)(H,32,33)/t15-,16+,17-,19+/m0/s1. The van der Waals surface area contributed by atoms with Crippen molar-refractivity contribution in [3.8, 4) is 10.4 Å². The minimum Gasteiger partial charge on any atom is -0.465 e. The maximum absolute atomic E-state index is 14.8. The number of benzene rings is 1. The Balaban J connectivity index is 1.72. The van der Waals surface area contributed by atoms with Crippen LogP contribution in [0.4, 0.5) is 9.18 Å². The Kier molecular flexibility index (Phi) is 7.57. The molecule has 0 bridgehead atoms. The van der Waals surface area contributed by atoms with Gasteiger partial charge in [-0.2, -0.15) is 0 Å². The van der Waals surface area contributed by atoms with Gasteiger partial charge >= 0.3 is 6.09 Å². The number of carboxylic acid groups (broad SMARTS) is 1. The van der Waals surface area contributed by atoms with Crippen LogP contribution in [-0.4, -0.2) is 68.9 Å². The van der Waals surface area contributed by atoms with Crippen LogP contribution in [0.5, 0.6) is 0 Å². The summed E-state index contributed by atoms with van der Waals surface area (Å²) >= 11 is 1.53. The first-order chi connectivity index (χ1) is 15.9. The van der Waals surface area contributed by atoms with E-state index in [4.69, 9.17) is 5.11 Å². The third-order valence-electron chi connectivity index (χ3n) is 5.75. The summed E-state index contributed by atoms with van der Waals surface area (Å²) in [6.07, 6.45) is -4.96. The quantitative estimate of drug-likeness (QED) is 0.489. The first-order valence-corrected chi connectivity index (χ1v) is 11.7. The highest BCUT2D eigenvalue weighted by Crippen LogP contribution is 2.29. The highest BCUT2D eigenvalue weighted by molar-refractivity contribution is 7.13. The fourth-order valence-electron chi connectivity index (χ4n) is 3.90. The SMILES string of the molecule is Cc1ncsc1-c1ccc(CNC(=O)[C@@H]2[C@H](F)[C@@H](O)CN2C(=O)[C@@H](NC(=O)O)C(C)(C)C)cc1. The lowest BCUT2D eigenvalue weighted by molar-refractivity contribution is -0.143. The fraction of sp³-hybridized carbons (Fsp3) is 0.478. The van der Waals surface area contributed by atoms with E-state index < -0.39 is 54.2 Å². The van der Waals surface area contributed by atoms with E-state index in [1.54, 1.807) is 26.3 Å². The number of hydrogen-bond acceptors (Lipinski definition) is 6. The van der Waals surface area contributed by atoms with E-state index in [1.165, 1.54) is 11.3 Å². The number of thiazole rings is 1. The molecule has 184 valence electrons. The van der Waals surface area contributed by atoms with Crippen molar-refractivity contribution in [2.75, 3.05) is 6.54 Å². The summed E-state index contributed by atoms with van der Waals surface area (Å²) in [7, 11) is 0. The third-order valence-corrected chi connectivity index (χ3v) is 6.73. The molecule has 1 aliphatic rings. The van der Waals surface area contributed by atoms with Gasteiger partial charge in [-0.3, -0.25) is 9.59 Å². The number of hydrogen-bond donors (Lipinski definition) is 4. The van der Waals surface area contributed by atoms with Crippen LogP contribution in [-0.2, 0) is 16.1 Å². The highest BCUT2D eigenvalue weighted by atomic mass is 32.1. The normalized spacial score (nSPS) is 21.2. The van der Waals surface area contributed by atoms with E-state index in [9.17, 15) is 23.9 Å². The van der Waals surface area contributed by atoms with Crippen LogP contribution in [0.2, 0.25) is 0 Å². The van der Waals surface area contributed by atoms with Gasteiger partial charge in [-0.15, -0.1) is 11.3 Å². The summed E-state index contributed by atoms with van der Waals surface area (Å²) in [6, 6.07) is 4.69. The molecule has 0 radical (unpaired) electrons. The van der Waals surface area contributed by atoms with E-state index in [0.717, 1.165) is 26.6 Å². The molecule has 2 heterocycles. The predicted molar refractivity (Wildman–Crippen MR) is 125 cm³/mol. The minimum absolute atomic E-state index is 0.0954. The van der Waals surface area contributed by atoms with Crippen LogP contribution in [0.3, 0.4) is 0 Å². The number of aryl methyl sites for hydroxylation is 1. The molecule has 34 heavy (non-hydrogen) atoms. The Morgan fingerprint density at radius 1 is 1.26 bits per heavy atom. The van der Waals surface area contributed by atoms with Crippen LogP contribution in [0.25, 0.3) is 10.4 Å². The van der Waals surface area contributed by atoms with Gasteiger partial charge in [0, 0.05) is 6.54 Å². The van der Waals surface area contributed by atoms with Crippen molar-refractivity contribution >= 4 is 29.2 Å². The molecule has 1 fully saturated rings.